The smallest absolute Gasteiger partial charge is 0.276 e. The van der Waals surface area contributed by atoms with E-state index in [9.17, 15) is 4.79 Å². The van der Waals surface area contributed by atoms with Crippen molar-refractivity contribution in [3.05, 3.63) is 11.4 Å². The van der Waals surface area contributed by atoms with Gasteiger partial charge in [0.2, 0.25) is 0 Å². The van der Waals surface area contributed by atoms with Gasteiger partial charge in [0.15, 0.2) is 5.69 Å². The summed E-state index contributed by atoms with van der Waals surface area (Å²) in [6.45, 7) is 5.57. The molecule has 0 aromatic carbocycles. The summed E-state index contributed by atoms with van der Waals surface area (Å²) in [5.74, 6) is 0.441. The molecule has 0 spiro atoms. The lowest BCUT2D eigenvalue weighted by Gasteiger charge is -2.19. The Balaban J connectivity index is 2.11. The third-order valence-electron chi connectivity index (χ3n) is 3.47. The quantitative estimate of drug-likeness (QED) is 0.812. The number of aromatic amines is 1. The molecule has 1 heterocycles. The van der Waals surface area contributed by atoms with E-state index < -0.39 is 0 Å². The van der Waals surface area contributed by atoms with Gasteiger partial charge in [0.25, 0.3) is 5.91 Å². The van der Waals surface area contributed by atoms with E-state index in [1.54, 1.807) is 0 Å². The summed E-state index contributed by atoms with van der Waals surface area (Å²) in [5, 5.41) is 7.04. The highest BCUT2D eigenvalue weighted by molar-refractivity contribution is 5.97. The van der Waals surface area contributed by atoms with Crippen molar-refractivity contribution in [3.8, 4) is 0 Å². The molecule has 5 heteroatoms. The number of hydrogen-bond acceptors (Lipinski definition) is 3. The summed E-state index contributed by atoms with van der Waals surface area (Å²) in [4.78, 5) is 14.1. The normalized spacial score (nSPS) is 14.8. The van der Waals surface area contributed by atoms with Crippen molar-refractivity contribution in [3.63, 3.8) is 0 Å². The molecule has 0 unspecified atom stereocenters. The van der Waals surface area contributed by atoms with Gasteiger partial charge in [-0.1, -0.05) is 13.3 Å². The third-order valence-corrected chi connectivity index (χ3v) is 3.47. The lowest BCUT2D eigenvalue weighted by Crippen LogP contribution is -2.32. The lowest BCUT2D eigenvalue weighted by atomic mass is 10.2. The maximum atomic E-state index is 12.3. The molecule has 0 radical (unpaired) electrons. The van der Waals surface area contributed by atoms with Crippen LogP contribution in [0.15, 0.2) is 0 Å². The molecule has 1 aromatic rings. The third kappa shape index (κ3) is 2.49. The molecular formula is C13H22N4O. The van der Waals surface area contributed by atoms with E-state index in [0.29, 0.717) is 23.8 Å². The highest BCUT2D eigenvalue weighted by Crippen LogP contribution is 2.42. The van der Waals surface area contributed by atoms with Gasteiger partial charge >= 0.3 is 0 Å². The van der Waals surface area contributed by atoms with Crippen LogP contribution in [0.1, 0.15) is 61.6 Å². The van der Waals surface area contributed by atoms with Crippen LogP contribution in [0.5, 0.6) is 0 Å². The average Bonchev–Trinajstić information content (AvgIpc) is 3.13. The molecule has 1 aliphatic carbocycles. The second-order valence-electron chi connectivity index (χ2n) is 4.91. The van der Waals surface area contributed by atoms with Gasteiger partial charge in [0.05, 0.1) is 11.4 Å². The van der Waals surface area contributed by atoms with E-state index in [2.05, 4.69) is 17.1 Å². The van der Waals surface area contributed by atoms with E-state index in [1.807, 2.05) is 11.8 Å². The molecule has 1 aliphatic rings. The molecule has 0 saturated heterocycles. The lowest BCUT2D eigenvalue weighted by molar-refractivity contribution is 0.0757. The summed E-state index contributed by atoms with van der Waals surface area (Å²) in [7, 11) is 0. The highest BCUT2D eigenvalue weighted by Gasteiger charge is 2.31. The molecule has 1 amide bonds. The molecule has 1 saturated carbocycles. The number of nitrogen functional groups attached to an aromatic ring is 1. The van der Waals surface area contributed by atoms with Gasteiger partial charge in [0, 0.05) is 19.0 Å². The van der Waals surface area contributed by atoms with Gasteiger partial charge in [-0.05, 0) is 26.2 Å². The van der Waals surface area contributed by atoms with Crippen LogP contribution in [0.2, 0.25) is 0 Å². The fraction of sp³-hybridized carbons (Fsp3) is 0.692. The first kappa shape index (κ1) is 12.9. The number of anilines is 1. The van der Waals surface area contributed by atoms with Crippen LogP contribution in [0.3, 0.4) is 0 Å². The summed E-state index contributed by atoms with van der Waals surface area (Å²) >= 11 is 0. The Bertz CT molecular complexity index is 423. The first-order valence-electron chi connectivity index (χ1n) is 6.82. The Kier molecular flexibility index (Phi) is 3.89. The second kappa shape index (κ2) is 5.42. The van der Waals surface area contributed by atoms with Crippen LogP contribution in [0.25, 0.3) is 0 Å². The van der Waals surface area contributed by atoms with Crippen LogP contribution in [0, 0.1) is 0 Å². The number of unbranched alkanes of at least 4 members (excludes halogenated alkanes) is 1. The van der Waals surface area contributed by atoms with Crippen molar-refractivity contribution in [2.24, 2.45) is 0 Å². The Hall–Kier alpha value is -1.52. The SMILES string of the molecule is CCCCN(CC)C(=O)c1n[nH]c(C2CC2)c1N. The molecule has 5 nitrogen and oxygen atoms in total. The minimum atomic E-state index is -0.0494. The van der Waals surface area contributed by atoms with Crippen molar-refractivity contribution < 1.29 is 4.79 Å². The molecule has 1 fully saturated rings. The van der Waals surface area contributed by atoms with E-state index in [4.69, 9.17) is 5.73 Å². The number of nitrogens with zero attached hydrogens (tertiary/aromatic N) is 2. The van der Waals surface area contributed by atoms with Gasteiger partial charge in [-0.3, -0.25) is 9.89 Å². The number of carbonyl (C=O) groups is 1. The Morgan fingerprint density at radius 3 is 2.78 bits per heavy atom. The molecule has 100 valence electrons. The molecule has 0 atom stereocenters. The van der Waals surface area contributed by atoms with Crippen molar-refractivity contribution in [1.29, 1.82) is 0 Å². The fourth-order valence-corrected chi connectivity index (χ4v) is 2.11. The topological polar surface area (TPSA) is 75.0 Å². The second-order valence-corrected chi connectivity index (χ2v) is 4.91. The minimum absolute atomic E-state index is 0.0494. The van der Waals surface area contributed by atoms with E-state index in [1.165, 1.54) is 0 Å². The van der Waals surface area contributed by atoms with Crippen molar-refractivity contribution >= 4 is 11.6 Å². The summed E-state index contributed by atoms with van der Waals surface area (Å²) in [6, 6.07) is 0. The van der Waals surface area contributed by atoms with E-state index in [0.717, 1.165) is 37.9 Å². The summed E-state index contributed by atoms with van der Waals surface area (Å²) < 4.78 is 0. The van der Waals surface area contributed by atoms with Gasteiger partial charge in [-0.15, -0.1) is 0 Å². The zero-order valence-corrected chi connectivity index (χ0v) is 11.2. The Morgan fingerprint density at radius 2 is 2.22 bits per heavy atom. The predicted molar refractivity (Wildman–Crippen MR) is 71.5 cm³/mol. The predicted octanol–water partition coefficient (Wildman–Crippen LogP) is 2.13. The summed E-state index contributed by atoms with van der Waals surface area (Å²) in [6.07, 6.45) is 4.38. The number of H-pyrrole nitrogens is 1. The van der Waals surface area contributed by atoms with Crippen LogP contribution >= 0.6 is 0 Å². The van der Waals surface area contributed by atoms with Crippen LogP contribution in [-0.2, 0) is 0 Å². The van der Waals surface area contributed by atoms with E-state index in [-0.39, 0.29) is 5.91 Å². The average molecular weight is 250 g/mol. The first-order chi connectivity index (χ1) is 8.69. The zero-order chi connectivity index (χ0) is 13.1. The van der Waals surface area contributed by atoms with Gasteiger partial charge in [-0.25, -0.2) is 0 Å². The molecule has 1 aromatic heterocycles. The standard InChI is InChI=1S/C13H22N4O/c1-3-5-8-17(4-2)13(18)12-10(14)11(15-16-12)9-6-7-9/h9H,3-8,14H2,1-2H3,(H,15,16). The number of hydrogen-bond donors (Lipinski definition) is 2. The van der Waals surface area contributed by atoms with Crippen LogP contribution in [-0.4, -0.2) is 34.1 Å². The number of rotatable bonds is 6. The minimum Gasteiger partial charge on any atom is -0.395 e. The monoisotopic (exact) mass is 250 g/mol. The Morgan fingerprint density at radius 1 is 1.50 bits per heavy atom. The Labute approximate surface area is 108 Å². The molecule has 18 heavy (non-hydrogen) atoms. The largest absolute Gasteiger partial charge is 0.395 e. The zero-order valence-electron chi connectivity index (χ0n) is 11.2. The van der Waals surface area contributed by atoms with Crippen LogP contribution in [0.4, 0.5) is 5.69 Å². The van der Waals surface area contributed by atoms with Gasteiger partial charge < -0.3 is 10.6 Å². The first-order valence-corrected chi connectivity index (χ1v) is 6.82. The van der Waals surface area contributed by atoms with Crippen molar-refractivity contribution in [2.45, 2.75) is 45.4 Å². The van der Waals surface area contributed by atoms with Gasteiger partial charge in [-0.2, -0.15) is 5.10 Å². The van der Waals surface area contributed by atoms with Crippen molar-refractivity contribution in [2.75, 3.05) is 18.8 Å². The molecule has 0 aliphatic heterocycles. The maximum absolute atomic E-state index is 12.3. The van der Waals surface area contributed by atoms with Crippen LogP contribution < -0.4 is 5.73 Å². The summed E-state index contributed by atoms with van der Waals surface area (Å²) in [5.41, 5.74) is 7.93. The number of carbonyl (C=O) groups excluding carboxylic acids is 1. The van der Waals surface area contributed by atoms with E-state index >= 15 is 0 Å². The molecule has 3 N–H and O–H groups in total. The van der Waals surface area contributed by atoms with Gasteiger partial charge in [0.1, 0.15) is 0 Å². The number of nitrogens with two attached hydrogens (primary N) is 1. The van der Waals surface area contributed by atoms with Crippen molar-refractivity contribution in [1.82, 2.24) is 15.1 Å². The number of aromatic nitrogens is 2. The molecule has 0 bridgehead atoms. The number of amides is 1. The molecular weight excluding hydrogens is 228 g/mol. The number of nitrogens with one attached hydrogen (secondary N) is 1. The maximum Gasteiger partial charge on any atom is 0.276 e. The highest BCUT2D eigenvalue weighted by atomic mass is 16.2. The molecule has 2 rings (SSSR count). The fourth-order valence-electron chi connectivity index (χ4n) is 2.11.